The third-order valence-corrected chi connectivity index (χ3v) is 5.11. The van der Waals surface area contributed by atoms with E-state index in [2.05, 4.69) is 20.3 Å². The van der Waals surface area contributed by atoms with Crippen molar-refractivity contribution in [3.63, 3.8) is 0 Å². The van der Waals surface area contributed by atoms with Crippen molar-refractivity contribution in [1.29, 1.82) is 0 Å². The van der Waals surface area contributed by atoms with Crippen molar-refractivity contribution in [2.75, 3.05) is 5.32 Å². The lowest BCUT2D eigenvalue weighted by Crippen LogP contribution is -2.12. The average Bonchev–Trinajstić information content (AvgIpc) is 3.17. The molecule has 0 bridgehead atoms. The number of amides is 1. The van der Waals surface area contributed by atoms with Crippen molar-refractivity contribution < 1.29 is 9.18 Å². The molecule has 26 heavy (non-hydrogen) atoms. The van der Waals surface area contributed by atoms with Crippen molar-refractivity contribution in [3.8, 4) is 0 Å². The molecule has 5 nitrogen and oxygen atoms in total. The normalized spacial score (nSPS) is 14.7. The number of fused-ring (bicyclic) bond motifs is 2. The van der Waals surface area contributed by atoms with E-state index in [0.29, 0.717) is 28.2 Å². The maximum absolute atomic E-state index is 13.8. The highest BCUT2D eigenvalue weighted by Crippen LogP contribution is 2.35. The number of anilines is 1. The minimum atomic E-state index is -0.347. The monoisotopic (exact) mass is 348 g/mol. The molecular formula is C20H17FN4O. The Balaban J connectivity index is 1.42. The van der Waals surface area contributed by atoms with Crippen LogP contribution in [-0.2, 0) is 0 Å². The highest BCUT2D eigenvalue weighted by atomic mass is 19.1. The average molecular weight is 348 g/mol. The summed E-state index contributed by atoms with van der Waals surface area (Å²) in [6.45, 7) is 0. The molecule has 0 unspecified atom stereocenters. The summed E-state index contributed by atoms with van der Waals surface area (Å²) in [5.41, 5.74) is 3.41. The molecule has 0 aliphatic heterocycles. The highest BCUT2D eigenvalue weighted by molar-refractivity contribution is 6.06. The zero-order chi connectivity index (χ0) is 17.7. The number of nitrogens with one attached hydrogen (secondary N) is 3. The molecule has 1 amide bonds. The number of halogens is 1. The zero-order valence-electron chi connectivity index (χ0n) is 14.0. The molecule has 0 radical (unpaired) electrons. The van der Waals surface area contributed by atoms with E-state index in [-0.39, 0.29) is 11.7 Å². The second-order valence-corrected chi connectivity index (χ2v) is 6.82. The van der Waals surface area contributed by atoms with Gasteiger partial charge in [-0.1, -0.05) is 12.5 Å². The van der Waals surface area contributed by atoms with E-state index in [0.717, 1.165) is 16.9 Å². The predicted molar refractivity (Wildman–Crippen MR) is 98.9 cm³/mol. The van der Waals surface area contributed by atoms with Crippen LogP contribution in [0.3, 0.4) is 0 Å². The van der Waals surface area contributed by atoms with Crippen LogP contribution in [0.1, 0.15) is 41.5 Å². The van der Waals surface area contributed by atoms with Crippen LogP contribution >= 0.6 is 0 Å². The molecule has 1 aliphatic rings. The van der Waals surface area contributed by atoms with Crippen LogP contribution in [0.15, 0.2) is 42.5 Å². The van der Waals surface area contributed by atoms with Gasteiger partial charge >= 0.3 is 0 Å². The van der Waals surface area contributed by atoms with Crippen LogP contribution in [0, 0.1) is 5.82 Å². The Bertz CT molecular complexity index is 1140. The molecule has 5 rings (SSSR count). The highest BCUT2D eigenvalue weighted by Gasteiger charge is 2.22. The van der Waals surface area contributed by atoms with Crippen LogP contribution < -0.4 is 5.32 Å². The van der Waals surface area contributed by atoms with Crippen molar-refractivity contribution in [2.24, 2.45) is 0 Å². The first-order chi connectivity index (χ1) is 12.7. The van der Waals surface area contributed by atoms with E-state index in [1.54, 1.807) is 12.1 Å². The molecule has 1 fully saturated rings. The number of aromatic amines is 2. The molecule has 1 saturated carbocycles. The Labute approximate surface area is 148 Å². The SMILES string of the molecule is O=C(Nc1ccc2nc(C3CCC3)[nH]c2c1)c1cc2c(F)cccc2[nH]1. The fourth-order valence-electron chi connectivity index (χ4n) is 3.42. The van der Waals surface area contributed by atoms with E-state index in [1.165, 1.54) is 31.4 Å². The largest absolute Gasteiger partial charge is 0.350 e. The van der Waals surface area contributed by atoms with Crippen LogP contribution in [0.4, 0.5) is 10.1 Å². The molecule has 0 atom stereocenters. The molecule has 4 aromatic rings. The number of aromatic nitrogens is 3. The minimum Gasteiger partial charge on any atom is -0.350 e. The maximum atomic E-state index is 13.8. The van der Waals surface area contributed by atoms with Crippen LogP contribution in [0.5, 0.6) is 0 Å². The molecule has 6 heteroatoms. The summed E-state index contributed by atoms with van der Waals surface area (Å²) in [5, 5.41) is 3.27. The second-order valence-electron chi connectivity index (χ2n) is 6.82. The van der Waals surface area contributed by atoms with E-state index in [4.69, 9.17) is 0 Å². The predicted octanol–water partition coefficient (Wildman–Crippen LogP) is 4.70. The first kappa shape index (κ1) is 15.1. The standard InChI is InChI=1S/C20H17FN4O/c21-14-5-2-6-15-13(14)10-18(23-15)20(26)22-12-7-8-16-17(9-12)25-19(24-16)11-3-1-4-11/h2,5-11,23H,1,3-4H2,(H,22,26)(H,24,25). The summed E-state index contributed by atoms with van der Waals surface area (Å²) in [4.78, 5) is 23.5. The number of rotatable bonds is 3. The van der Waals surface area contributed by atoms with Gasteiger partial charge in [0.05, 0.1) is 11.0 Å². The molecule has 2 aromatic carbocycles. The van der Waals surface area contributed by atoms with Crippen molar-refractivity contribution in [3.05, 3.63) is 59.8 Å². The van der Waals surface area contributed by atoms with E-state index in [9.17, 15) is 9.18 Å². The fraction of sp³-hybridized carbons (Fsp3) is 0.200. The second kappa shape index (κ2) is 5.69. The molecule has 130 valence electrons. The number of benzene rings is 2. The number of nitrogens with zero attached hydrogens (tertiary/aromatic N) is 1. The topological polar surface area (TPSA) is 73.6 Å². The Kier molecular flexibility index (Phi) is 3.31. The Hall–Kier alpha value is -3.15. The first-order valence-electron chi connectivity index (χ1n) is 8.75. The molecule has 0 saturated heterocycles. The van der Waals surface area contributed by atoms with E-state index in [1.807, 2.05) is 18.2 Å². The van der Waals surface area contributed by atoms with Gasteiger partial charge in [-0.2, -0.15) is 0 Å². The van der Waals surface area contributed by atoms with E-state index < -0.39 is 0 Å². The lowest BCUT2D eigenvalue weighted by atomic mass is 9.85. The van der Waals surface area contributed by atoms with Crippen LogP contribution in [0.2, 0.25) is 0 Å². The number of carbonyl (C=O) groups excluding carboxylic acids is 1. The molecular weight excluding hydrogens is 331 g/mol. The number of H-pyrrole nitrogens is 2. The third-order valence-electron chi connectivity index (χ3n) is 5.11. The summed E-state index contributed by atoms with van der Waals surface area (Å²) >= 11 is 0. The van der Waals surface area contributed by atoms with Gasteiger partial charge in [-0.05, 0) is 49.2 Å². The number of hydrogen-bond donors (Lipinski definition) is 3. The van der Waals surface area contributed by atoms with Crippen molar-refractivity contribution >= 4 is 33.5 Å². The van der Waals surface area contributed by atoms with Gasteiger partial charge in [0, 0.05) is 22.5 Å². The van der Waals surface area contributed by atoms with Gasteiger partial charge in [0.15, 0.2) is 0 Å². The van der Waals surface area contributed by atoms with Gasteiger partial charge < -0.3 is 15.3 Å². The van der Waals surface area contributed by atoms with Crippen LogP contribution in [-0.4, -0.2) is 20.9 Å². The molecule has 2 heterocycles. The summed E-state index contributed by atoms with van der Waals surface area (Å²) in [5.74, 6) is 0.904. The quantitative estimate of drug-likeness (QED) is 0.502. The van der Waals surface area contributed by atoms with E-state index >= 15 is 0 Å². The van der Waals surface area contributed by atoms with Gasteiger partial charge in [-0.3, -0.25) is 4.79 Å². The van der Waals surface area contributed by atoms with Gasteiger partial charge in [0.2, 0.25) is 0 Å². The Morgan fingerprint density at radius 2 is 2.00 bits per heavy atom. The number of imidazole rings is 1. The number of carbonyl (C=O) groups is 1. The van der Waals surface area contributed by atoms with Gasteiger partial charge in [0.1, 0.15) is 17.3 Å². The van der Waals surface area contributed by atoms with Crippen molar-refractivity contribution in [2.45, 2.75) is 25.2 Å². The fourth-order valence-corrected chi connectivity index (χ4v) is 3.42. The van der Waals surface area contributed by atoms with Gasteiger partial charge in [0.25, 0.3) is 5.91 Å². The maximum Gasteiger partial charge on any atom is 0.272 e. The molecule has 3 N–H and O–H groups in total. The van der Waals surface area contributed by atoms with Gasteiger partial charge in [-0.25, -0.2) is 9.37 Å². The summed E-state index contributed by atoms with van der Waals surface area (Å²) < 4.78 is 13.8. The number of hydrogen-bond acceptors (Lipinski definition) is 2. The molecule has 0 spiro atoms. The minimum absolute atomic E-state index is 0.307. The lowest BCUT2D eigenvalue weighted by molar-refractivity contribution is 0.102. The van der Waals surface area contributed by atoms with Crippen molar-refractivity contribution in [1.82, 2.24) is 15.0 Å². The molecule has 1 aliphatic carbocycles. The third kappa shape index (κ3) is 2.45. The summed E-state index contributed by atoms with van der Waals surface area (Å²) in [6, 6.07) is 11.9. The Morgan fingerprint density at radius 3 is 2.77 bits per heavy atom. The molecule has 2 aromatic heterocycles. The summed E-state index contributed by atoms with van der Waals surface area (Å²) in [7, 11) is 0. The Morgan fingerprint density at radius 1 is 1.12 bits per heavy atom. The smallest absolute Gasteiger partial charge is 0.272 e. The lowest BCUT2D eigenvalue weighted by Gasteiger charge is -2.22. The first-order valence-corrected chi connectivity index (χ1v) is 8.75. The zero-order valence-corrected chi connectivity index (χ0v) is 14.0. The summed E-state index contributed by atoms with van der Waals surface area (Å²) in [6.07, 6.45) is 3.62. The van der Waals surface area contributed by atoms with Crippen LogP contribution in [0.25, 0.3) is 21.9 Å². The van der Waals surface area contributed by atoms with Gasteiger partial charge in [-0.15, -0.1) is 0 Å².